The summed E-state index contributed by atoms with van der Waals surface area (Å²) in [7, 11) is 5.63. The van der Waals surface area contributed by atoms with Gasteiger partial charge >= 0.3 is 45.3 Å². The third-order valence-electron chi connectivity index (χ3n) is 5.43. The summed E-state index contributed by atoms with van der Waals surface area (Å²) >= 11 is 0. The van der Waals surface area contributed by atoms with Crippen molar-refractivity contribution in [2.45, 2.75) is 38.2 Å². The van der Waals surface area contributed by atoms with Crippen molar-refractivity contribution in [3.63, 3.8) is 0 Å². The van der Waals surface area contributed by atoms with Crippen LogP contribution in [-0.2, 0) is 23.9 Å². The number of Topliss-reactive ketones (excluding diaryl/α,β-unsaturated/α-hetero) is 1. The molecule has 47 heavy (non-hydrogen) atoms. The molecule has 0 unspecified atom stereocenters. The molecule has 0 atom stereocenters. The van der Waals surface area contributed by atoms with Crippen molar-refractivity contribution in [1.82, 2.24) is 19.7 Å². The quantitative estimate of drug-likeness (QED) is 0.116. The minimum absolute atomic E-state index is 0.0849. The Kier molecular flexibility index (Phi) is 14.6. The molecular formula is C24H30B2F12N5O3P. The van der Waals surface area contributed by atoms with Gasteiger partial charge in [-0.15, -0.1) is 0 Å². The van der Waals surface area contributed by atoms with Gasteiger partial charge in [-0.1, -0.05) is 0 Å². The second-order valence-corrected chi connectivity index (χ2v) is 12.2. The van der Waals surface area contributed by atoms with Crippen LogP contribution >= 0.6 is 7.81 Å². The van der Waals surface area contributed by atoms with Crippen molar-refractivity contribution in [1.29, 1.82) is 0 Å². The van der Waals surface area contributed by atoms with E-state index < -0.39 is 42.9 Å². The molecule has 3 heterocycles. The number of hydrogen-bond acceptors (Lipinski definition) is 5. The Morgan fingerprint density at radius 2 is 1.34 bits per heavy atom. The molecule has 2 aliphatic rings. The number of aromatic nitrogens is 1. The van der Waals surface area contributed by atoms with E-state index in [-0.39, 0.29) is 12.3 Å². The van der Waals surface area contributed by atoms with Gasteiger partial charge in [0, 0.05) is 77.6 Å². The Morgan fingerprint density at radius 3 is 1.70 bits per heavy atom. The number of halogens is 12. The summed E-state index contributed by atoms with van der Waals surface area (Å²) in [5.41, 5.74) is -0.467. The van der Waals surface area contributed by atoms with Crippen molar-refractivity contribution in [3.05, 3.63) is 40.9 Å². The molecule has 23 heteroatoms. The van der Waals surface area contributed by atoms with E-state index in [9.17, 15) is 65.9 Å². The number of pyridine rings is 1. The fraction of sp³-hybridized carbons (Fsp3) is 0.542. The first kappa shape index (κ1) is 43.7. The number of amides is 2. The molecule has 1 aromatic rings. The van der Waals surface area contributed by atoms with Gasteiger partial charge in [0.15, 0.2) is 17.8 Å². The molecule has 1 aromatic heterocycles. The molecule has 0 bridgehead atoms. The molecule has 0 aliphatic carbocycles. The smallest absolute Gasteiger partial charge is 0.352 e. The SMILES string of the molecule is CN(C)/C=C(/C=[N+](C)C)C(F)(F)F.F[P-](F)(F)(F)(F)F.[B]C(=O)N1CCC(=O)CC1.[B]C(=O)N1CCc2ncc(C(F)(F)F)cc2C1. The first-order valence-electron chi connectivity index (χ1n) is 12.9. The molecule has 2 amide bonds. The van der Waals surface area contributed by atoms with Crippen molar-refractivity contribution >= 4 is 47.1 Å². The third kappa shape index (κ3) is 22.0. The van der Waals surface area contributed by atoms with Crippen LogP contribution in [0.1, 0.15) is 29.7 Å². The molecule has 264 valence electrons. The van der Waals surface area contributed by atoms with E-state index in [1.165, 1.54) is 19.3 Å². The largest absolute Gasteiger partial charge is 0.417 e. The van der Waals surface area contributed by atoms with Crippen LogP contribution < -0.4 is 0 Å². The molecule has 2 aliphatic heterocycles. The van der Waals surface area contributed by atoms with Gasteiger partial charge in [0.2, 0.25) is 15.7 Å². The van der Waals surface area contributed by atoms with E-state index in [0.717, 1.165) is 24.7 Å². The molecule has 0 saturated carbocycles. The van der Waals surface area contributed by atoms with Gasteiger partial charge in [0.25, 0.3) is 0 Å². The number of rotatable bonds is 2. The van der Waals surface area contributed by atoms with Crippen LogP contribution in [0.5, 0.6) is 0 Å². The van der Waals surface area contributed by atoms with Crippen LogP contribution in [0.3, 0.4) is 0 Å². The zero-order chi connectivity index (χ0) is 37.2. The minimum Gasteiger partial charge on any atom is -0.352 e. The summed E-state index contributed by atoms with van der Waals surface area (Å²) in [4.78, 5) is 40.0. The monoisotopic (exact) mass is 717 g/mol. The average Bonchev–Trinajstić information content (AvgIpc) is 2.85. The van der Waals surface area contributed by atoms with E-state index in [2.05, 4.69) is 4.98 Å². The number of fused-ring (bicyclic) bond motifs is 1. The Labute approximate surface area is 264 Å². The van der Waals surface area contributed by atoms with Crippen LogP contribution in [-0.4, -0.2) is 118 Å². The maximum absolute atomic E-state index is 12.5. The van der Waals surface area contributed by atoms with Gasteiger partial charge in [-0.25, -0.2) is 4.58 Å². The van der Waals surface area contributed by atoms with E-state index in [4.69, 9.17) is 15.7 Å². The summed E-state index contributed by atoms with van der Waals surface area (Å²) in [5.74, 6) is -0.835. The van der Waals surface area contributed by atoms with Crippen molar-refractivity contribution in [2.75, 3.05) is 47.8 Å². The molecule has 0 N–H and O–H groups in total. The third-order valence-corrected chi connectivity index (χ3v) is 5.43. The maximum Gasteiger partial charge on any atom is 0.417 e. The number of hydrogen-bond donors (Lipinski definition) is 0. The number of allylic oxidation sites excluding steroid dienone is 1. The first-order chi connectivity index (χ1) is 20.8. The fourth-order valence-electron chi connectivity index (χ4n) is 3.48. The molecular weight excluding hydrogens is 687 g/mol. The number of nitrogens with zero attached hydrogens (tertiary/aromatic N) is 5. The van der Waals surface area contributed by atoms with Crippen LogP contribution in [0, 0.1) is 0 Å². The van der Waals surface area contributed by atoms with E-state index >= 15 is 0 Å². The predicted octanol–water partition coefficient (Wildman–Crippen LogP) is 6.41. The number of carbonyl (C=O) groups is 3. The second-order valence-electron chi connectivity index (χ2n) is 10.3. The summed E-state index contributed by atoms with van der Waals surface area (Å²) in [5, 5.41) is 0. The Bertz CT molecular complexity index is 1310. The first-order valence-corrected chi connectivity index (χ1v) is 15.0. The minimum atomic E-state index is -10.7. The molecule has 0 spiro atoms. The van der Waals surface area contributed by atoms with Gasteiger partial charge in [0.1, 0.15) is 25.5 Å². The van der Waals surface area contributed by atoms with Gasteiger partial charge in [-0.05, 0) is 11.6 Å². The average molecular weight is 717 g/mol. The van der Waals surface area contributed by atoms with Gasteiger partial charge in [0.05, 0.1) is 5.56 Å². The van der Waals surface area contributed by atoms with Crippen LogP contribution in [0.4, 0.5) is 61.1 Å². The van der Waals surface area contributed by atoms with Crippen molar-refractivity contribution in [3.8, 4) is 0 Å². The zero-order valence-electron chi connectivity index (χ0n) is 25.4. The summed E-state index contributed by atoms with van der Waals surface area (Å²) < 4.78 is 135. The van der Waals surface area contributed by atoms with E-state index in [1.807, 2.05) is 0 Å². The number of alkyl halides is 6. The normalized spacial score (nSPS) is 16.7. The number of likely N-dealkylation sites (tertiary alicyclic amines) is 1. The molecule has 1 saturated heterocycles. The van der Waals surface area contributed by atoms with Crippen molar-refractivity contribution in [2.24, 2.45) is 0 Å². The van der Waals surface area contributed by atoms with Gasteiger partial charge < -0.3 is 14.7 Å². The van der Waals surface area contributed by atoms with Gasteiger partial charge in [-0.3, -0.25) is 19.4 Å². The summed E-state index contributed by atoms with van der Waals surface area (Å²) in [6.45, 7) is 1.46. The van der Waals surface area contributed by atoms with Crippen LogP contribution in [0.2, 0.25) is 0 Å². The molecule has 4 radical (unpaired) electrons. The predicted molar refractivity (Wildman–Crippen MR) is 151 cm³/mol. The molecule has 0 aromatic carbocycles. The topological polar surface area (TPSA) is 76.8 Å². The Hall–Kier alpha value is -3.31. The summed E-state index contributed by atoms with van der Waals surface area (Å²) in [6.07, 6.45) is -4.47. The molecule has 8 nitrogen and oxygen atoms in total. The maximum atomic E-state index is 12.5. The fourth-order valence-corrected chi connectivity index (χ4v) is 3.48. The number of ketones is 1. The van der Waals surface area contributed by atoms with E-state index in [0.29, 0.717) is 50.2 Å². The second kappa shape index (κ2) is 15.7. The van der Waals surface area contributed by atoms with E-state index in [1.54, 1.807) is 28.2 Å². The van der Waals surface area contributed by atoms with Crippen LogP contribution in [0.25, 0.3) is 0 Å². The van der Waals surface area contributed by atoms with Gasteiger partial charge in [-0.2, -0.15) is 26.3 Å². The Balaban J connectivity index is 0.000000632. The standard InChI is InChI=1S/C10H8BF3N2O.C8H14F3N2.C6H8BNO2.F6P/c11-9(17)16-2-1-8-6(5-16)3-7(4-15-8)10(12,13)14;1-12(2)5-7(6-13(3)4)8(9,10)11;7-6(10)8-3-1-5(9)2-4-8;1-7(2,3,4,5)6/h3-4H,1-2,5H2;5-6H,1-4H3;1-4H2;/q;+1;;-1. The number of carbonyl (C=O) groups excluding carboxylic acids is 3. The van der Waals surface area contributed by atoms with Crippen LogP contribution in [0.15, 0.2) is 24.0 Å². The molecule has 3 rings (SSSR count). The number of piperidine rings is 1. The molecule has 1 fully saturated rings. The van der Waals surface area contributed by atoms with Crippen molar-refractivity contribution < 1.29 is 70.5 Å². The summed E-state index contributed by atoms with van der Waals surface area (Å²) in [6, 6.07) is 1.03. The zero-order valence-corrected chi connectivity index (χ0v) is 26.3. The Morgan fingerprint density at radius 1 is 0.894 bits per heavy atom.